The Morgan fingerprint density at radius 1 is 1.60 bits per heavy atom. The Kier molecular flexibility index (Phi) is 2.28. The van der Waals surface area contributed by atoms with Crippen molar-refractivity contribution in [2.75, 3.05) is 40.3 Å². The molecular formula is C7H17N2O+. The van der Waals surface area contributed by atoms with E-state index in [9.17, 15) is 0 Å². The van der Waals surface area contributed by atoms with Crippen molar-refractivity contribution in [3.05, 3.63) is 0 Å². The average molecular weight is 145 g/mol. The molecular weight excluding hydrogens is 128 g/mol. The number of hydrogen-bond donors (Lipinski definition) is 1. The molecule has 0 aromatic rings. The van der Waals surface area contributed by atoms with Crippen molar-refractivity contribution in [2.24, 2.45) is 5.73 Å². The summed E-state index contributed by atoms with van der Waals surface area (Å²) in [5, 5.41) is 0. The Bertz CT molecular complexity index is 114. The molecule has 0 aromatic heterocycles. The molecule has 0 saturated carbocycles. The lowest BCUT2D eigenvalue weighted by Gasteiger charge is -2.37. The quantitative estimate of drug-likeness (QED) is 0.501. The van der Waals surface area contributed by atoms with Gasteiger partial charge in [0.2, 0.25) is 0 Å². The maximum absolute atomic E-state index is 5.49. The molecule has 1 atom stereocenters. The summed E-state index contributed by atoms with van der Waals surface area (Å²) in [6.07, 6.45) is 0.281. The average Bonchev–Trinajstić information content (AvgIpc) is 1.86. The van der Waals surface area contributed by atoms with E-state index >= 15 is 0 Å². The summed E-state index contributed by atoms with van der Waals surface area (Å²) in [5.41, 5.74) is 5.49. The first kappa shape index (κ1) is 7.98. The van der Waals surface area contributed by atoms with Crippen LogP contribution in [-0.2, 0) is 4.74 Å². The van der Waals surface area contributed by atoms with E-state index in [1.807, 2.05) is 0 Å². The minimum absolute atomic E-state index is 0.281. The Morgan fingerprint density at radius 3 is 2.70 bits per heavy atom. The lowest BCUT2D eigenvalue weighted by atomic mass is 10.2. The molecule has 0 aromatic carbocycles. The van der Waals surface area contributed by atoms with Gasteiger partial charge in [-0.05, 0) is 0 Å². The molecule has 0 radical (unpaired) electrons. The normalized spacial score (nSPS) is 32.1. The maximum atomic E-state index is 5.49. The summed E-state index contributed by atoms with van der Waals surface area (Å²) < 4.78 is 6.47. The Balaban J connectivity index is 2.40. The number of likely N-dealkylation sites (N-methyl/N-ethyl adjacent to an activating group) is 1. The van der Waals surface area contributed by atoms with Gasteiger partial charge < -0.3 is 15.0 Å². The van der Waals surface area contributed by atoms with Gasteiger partial charge in [-0.1, -0.05) is 0 Å². The van der Waals surface area contributed by atoms with Gasteiger partial charge in [0.05, 0.1) is 20.7 Å². The fourth-order valence-corrected chi connectivity index (χ4v) is 1.30. The zero-order chi connectivity index (χ0) is 7.61. The van der Waals surface area contributed by atoms with E-state index in [1.54, 1.807) is 0 Å². The van der Waals surface area contributed by atoms with Crippen molar-refractivity contribution in [1.82, 2.24) is 0 Å². The van der Waals surface area contributed by atoms with Gasteiger partial charge in [-0.15, -0.1) is 0 Å². The van der Waals surface area contributed by atoms with E-state index < -0.39 is 0 Å². The topological polar surface area (TPSA) is 35.2 Å². The predicted molar refractivity (Wildman–Crippen MR) is 40.6 cm³/mol. The van der Waals surface area contributed by atoms with Gasteiger partial charge in [-0.25, -0.2) is 0 Å². The van der Waals surface area contributed by atoms with Crippen LogP contribution in [0, 0.1) is 0 Å². The standard InChI is InChI=1S/C7H17N2O/c1-9(2)3-4-10-7(5-8)6-9/h7H,3-6,8H2,1-2H3/q+1. The Hall–Kier alpha value is -0.120. The number of quaternary nitrogens is 1. The fourth-order valence-electron chi connectivity index (χ4n) is 1.30. The molecule has 0 amide bonds. The fraction of sp³-hybridized carbons (Fsp3) is 1.00. The van der Waals surface area contributed by atoms with Gasteiger partial charge in [0, 0.05) is 6.54 Å². The smallest absolute Gasteiger partial charge is 0.119 e. The number of rotatable bonds is 1. The molecule has 1 aliphatic heterocycles. The molecule has 10 heavy (non-hydrogen) atoms. The highest BCUT2D eigenvalue weighted by molar-refractivity contribution is 4.60. The van der Waals surface area contributed by atoms with Crippen molar-refractivity contribution >= 4 is 0 Å². The van der Waals surface area contributed by atoms with Gasteiger partial charge in [-0.2, -0.15) is 0 Å². The van der Waals surface area contributed by atoms with Crippen molar-refractivity contribution in [3.63, 3.8) is 0 Å². The number of morpholine rings is 1. The largest absolute Gasteiger partial charge is 0.365 e. The van der Waals surface area contributed by atoms with Crippen LogP contribution in [0.4, 0.5) is 0 Å². The van der Waals surface area contributed by atoms with Crippen LogP contribution in [-0.4, -0.2) is 50.9 Å². The molecule has 60 valence electrons. The highest BCUT2D eigenvalue weighted by Gasteiger charge is 2.26. The highest BCUT2D eigenvalue weighted by atomic mass is 16.5. The van der Waals surface area contributed by atoms with Gasteiger partial charge in [0.1, 0.15) is 19.2 Å². The molecule has 1 aliphatic rings. The first-order valence-electron chi connectivity index (χ1n) is 3.78. The van der Waals surface area contributed by atoms with Crippen LogP contribution in [0.2, 0.25) is 0 Å². The summed E-state index contributed by atoms with van der Waals surface area (Å²) in [4.78, 5) is 0. The third-order valence-electron chi connectivity index (χ3n) is 2.01. The molecule has 1 unspecified atom stereocenters. The lowest BCUT2D eigenvalue weighted by Crippen LogP contribution is -2.54. The zero-order valence-corrected chi connectivity index (χ0v) is 6.84. The molecule has 0 aliphatic carbocycles. The van der Waals surface area contributed by atoms with E-state index in [1.165, 1.54) is 0 Å². The van der Waals surface area contributed by atoms with Crippen molar-refractivity contribution in [1.29, 1.82) is 0 Å². The van der Waals surface area contributed by atoms with Gasteiger partial charge in [0.25, 0.3) is 0 Å². The monoisotopic (exact) mass is 145 g/mol. The molecule has 0 spiro atoms. The molecule has 1 fully saturated rings. The number of ether oxygens (including phenoxy) is 1. The zero-order valence-electron chi connectivity index (χ0n) is 6.84. The van der Waals surface area contributed by atoms with Gasteiger partial charge in [-0.3, -0.25) is 0 Å². The van der Waals surface area contributed by atoms with Gasteiger partial charge in [0.15, 0.2) is 0 Å². The summed E-state index contributed by atoms with van der Waals surface area (Å²) in [7, 11) is 4.43. The molecule has 0 bridgehead atoms. The van der Waals surface area contributed by atoms with E-state index in [0.717, 1.165) is 24.2 Å². The molecule has 3 nitrogen and oxygen atoms in total. The van der Waals surface area contributed by atoms with E-state index in [-0.39, 0.29) is 6.10 Å². The first-order valence-corrected chi connectivity index (χ1v) is 3.78. The molecule has 1 heterocycles. The summed E-state index contributed by atoms with van der Waals surface area (Å²) in [6.45, 7) is 3.67. The van der Waals surface area contributed by atoms with Crippen LogP contribution in [0.3, 0.4) is 0 Å². The second kappa shape index (κ2) is 2.86. The van der Waals surface area contributed by atoms with Crippen molar-refractivity contribution in [2.45, 2.75) is 6.10 Å². The molecule has 2 N–H and O–H groups in total. The van der Waals surface area contributed by atoms with Crippen LogP contribution in [0.15, 0.2) is 0 Å². The second-order valence-corrected chi connectivity index (χ2v) is 3.57. The number of nitrogens with two attached hydrogens (primary N) is 1. The summed E-state index contributed by atoms with van der Waals surface area (Å²) in [6, 6.07) is 0. The maximum Gasteiger partial charge on any atom is 0.119 e. The third kappa shape index (κ3) is 1.94. The first-order chi connectivity index (χ1) is 4.64. The second-order valence-electron chi connectivity index (χ2n) is 3.57. The van der Waals surface area contributed by atoms with Crippen molar-refractivity contribution in [3.8, 4) is 0 Å². The van der Waals surface area contributed by atoms with E-state index in [4.69, 9.17) is 10.5 Å². The predicted octanol–water partition coefficient (Wildman–Crippen LogP) is -0.580. The number of hydrogen-bond acceptors (Lipinski definition) is 2. The minimum Gasteiger partial charge on any atom is -0.365 e. The molecule has 1 rings (SSSR count). The summed E-state index contributed by atoms with van der Waals surface area (Å²) >= 11 is 0. The molecule has 1 saturated heterocycles. The Morgan fingerprint density at radius 2 is 2.30 bits per heavy atom. The SMILES string of the molecule is C[N+]1(C)CCOC(CN)C1. The van der Waals surface area contributed by atoms with Crippen LogP contribution < -0.4 is 5.73 Å². The van der Waals surface area contributed by atoms with Gasteiger partial charge >= 0.3 is 0 Å². The van der Waals surface area contributed by atoms with Crippen LogP contribution in [0.1, 0.15) is 0 Å². The lowest BCUT2D eigenvalue weighted by molar-refractivity contribution is -0.901. The Labute approximate surface area is 62.3 Å². The number of nitrogens with zero attached hydrogens (tertiary/aromatic N) is 1. The van der Waals surface area contributed by atoms with Crippen molar-refractivity contribution < 1.29 is 9.22 Å². The third-order valence-corrected chi connectivity index (χ3v) is 2.01. The van der Waals surface area contributed by atoms with E-state index in [2.05, 4.69) is 14.1 Å². The van der Waals surface area contributed by atoms with Crippen LogP contribution in [0.25, 0.3) is 0 Å². The minimum atomic E-state index is 0.281. The van der Waals surface area contributed by atoms with E-state index in [0.29, 0.717) is 6.54 Å². The van der Waals surface area contributed by atoms with Crippen LogP contribution >= 0.6 is 0 Å². The van der Waals surface area contributed by atoms with Crippen LogP contribution in [0.5, 0.6) is 0 Å². The summed E-state index contributed by atoms with van der Waals surface area (Å²) in [5.74, 6) is 0. The highest BCUT2D eigenvalue weighted by Crippen LogP contribution is 2.07. The molecule has 3 heteroatoms.